The first-order valence-corrected chi connectivity index (χ1v) is 14.6. The largest absolute Gasteiger partial charge is 0.481 e. The van der Waals surface area contributed by atoms with Gasteiger partial charge in [-0.15, -0.1) is 0 Å². The SMILES string of the molecule is O=C(O)CCN(CCc1ccc(Cl)cc1Cl)C(=O)c1ccccc1-c1ccccc1C(=O)N(CCO)Cc1ccccc1. The summed E-state index contributed by atoms with van der Waals surface area (Å²) in [4.78, 5) is 42.4. The minimum Gasteiger partial charge on any atom is -0.481 e. The van der Waals surface area contributed by atoms with Crippen molar-refractivity contribution in [2.75, 3.05) is 26.2 Å². The van der Waals surface area contributed by atoms with Crippen LogP contribution in [0.25, 0.3) is 11.1 Å². The van der Waals surface area contributed by atoms with Gasteiger partial charge < -0.3 is 20.0 Å². The van der Waals surface area contributed by atoms with Gasteiger partial charge in [0, 0.05) is 47.4 Å². The molecule has 9 heteroatoms. The molecule has 0 fully saturated rings. The van der Waals surface area contributed by atoms with Crippen LogP contribution in [0.2, 0.25) is 10.0 Å². The van der Waals surface area contributed by atoms with Crippen LogP contribution in [0, 0.1) is 0 Å². The second-order valence-corrected chi connectivity index (χ2v) is 10.8. The molecule has 2 amide bonds. The van der Waals surface area contributed by atoms with E-state index < -0.39 is 5.97 Å². The van der Waals surface area contributed by atoms with Crippen molar-refractivity contribution < 1.29 is 24.6 Å². The third-order valence-corrected chi connectivity index (χ3v) is 7.61. The third-order valence-electron chi connectivity index (χ3n) is 7.03. The molecule has 0 radical (unpaired) electrons. The van der Waals surface area contributed by atoms with Gasteiger partial charge in [0.15, 0.2) is 0 Å². The maximum atomic E-state index is 14.0. The summed E-state index contributed by atoms with van der Waals surface area (Å²) in [5.74, 6) is -1.66. The number of amides is 2. The molecule has 0 unspecified atom stereocenters. The second-order valence-electron chi connectivity index (χ2n) is 9.95. The van der Waals surface area contributed by atoms with Crippen LogP contribution in [0.3, 0.4) is 0 Å². The van der Waals surface area contributed by atoms with Gasteiger partial charge in [0.25, 0.3) is 11.8 Å². The van der Waals surface area contributed by atoms with Crippen LogP contribution in [-0.2, 0) is 17.8 Å². The molecule has 4 rings (SSSR count). The quantitative estimate of drug-likeness (QED) is 0.179. The van der Waals surface area contributed by atoms with Crippen molar-refractivity contribution >= 4 is 41.0 Å². The highest BCUT2D eigenvalue weighted by atomic mass is 35.5. The topological polar surface area (TPSA) is 98.2 Å². The van der Waals surface area contributed by atoms with Crippen molar-refractivity contribution in [3.05, 3.63) is 129 Å². The number of hydrogen-bond acceptors (Lipinski definition) is 4. The number of benzene rings is 4. The van der Waals surface area contributed by atoms with Crippen LogP contribution in [-0.4, -0.2) is 64.0 Å². The summed E-state index contributed by atoms with van der Waals surface area (Å²) in [7, 11) is 0. The number of nitrogens with zero attached hydrogens (tertiary/aromatic N) is 2. The van der Waals surface area contributed by atoms with Gasteiger partial charge in [-0.3, -0.25) is 14.4 Å². The van der Waals surface area contributed by atoms with E-state index >= 15 is 0 Å². The van der Waals surface area contributed by atoms with Gasteiger partial charge in [-0.1, -0.05) is 96.0 Å². The molecule has 0 atom stereocenters. The van der Waals surface area contributed by atoms with Crippen LogP contribution in [0.1, 0.15) is 38.3 Å². The van der Waals surface area contributed by atoms with E-state index in [1.807, 2.05) is 30.3 Å². The van der Waals surface area contributed by atoms with Crippen LogP contribution >= 0.6 is 23.2 Å². The first-order valence-electron chi connectivity index (χ1n) is 13.9. The van der Waals surface area contributed by atoms with E-state index in [0.29, 0.717) is 45.3 Å². The average molecular weight is 620 g/mol. The number of aliphatic hydroxyl groups excluding tert-OH is 1. The van der Waals surface area contributed by atoms with E-state index in [9.17, 15) is 24.6 Å². The van der Waals surface area contributed by atoms with Gasteiger partial charge in [0.1, 0.15) is 0 Å². The molecule has 0 saturated carbocycles. The van der Waals surface area contributed by atoms with E-state index in [0.717, 1.165) is 11.1 Å². The highest BCUT2D eigenvalue weighted by Crippen LogP contribution is 2.30. The number of carbonyl (C=O) groups excluding carboxylic acids is 2. The van der Waals surface area contributed by atoms with Gasteiger partial charge in [0.05, 0.1) is 13.0 Å². The predicted octanol–water partition coefficient (Wildman–Crippen LogP) is 6.45. The van der Waals surface area contributed by atoms with E-state index in [2.05, 4.69) is 0 Å². The molecule has 0 aliphatic heterocycles. The standard InChI is InChI=1S/C34H32Cl2N2O5/c35-26-15-14-25(31(36)22-26)16-18-37(19-17-32(40)41)33(42)29-12-6-4-10-27(29)28-11-5-7-13-30(28)34(43)38(20-21-39)23-24-8-2-1-3-9-24/h1-15,22,39H,16-21,23H2,(H,40,41). The van der Waals surface area contributed by atoms with Crippen LogP contribution < -0.4 is 0 Å². The van der Waals surface area contributed by atoms with Crippen LogP contribution in [0.15, 0.2) is 97.1 Å². The molecule has 0 spiro atoms. The molecule has 43 heavy (non-hydrogen) atoms. The monoisotopic (exact) mass is 618 g/mol. The molecule has 4 aromatic rings. The smallest absolute Gasteiger partial charge is 0.305 e. The van der Waals surface area contributed by atoms with Gasteiger partial charge in [0.2, 0.25) is 0 Å². The summed E-state index contributed by atoms with van der Waals surface area (Å²) in [5.41, 5.74) is 3.54. The predicted molar refractivity (Wildman–Crippen MR) is 168 cm³/mol. The fraction of sp³-hybridized carbons (Fsp3) is 0.206. The zero-order chi connectivity index (χ0) is 30.8. The molecule has 0 saturated heterocycles. The normalized spacial score (nSPS) is 10.8. The third kappa shape index (κ3) is 8.45. The van der Waals surface area contributed by atoms with Crippen molar-refractivity contribution in [3.63, 3.8) is 0 Å². The zero-order valence-corrected chi connectivity index (χ0v) is 25.0. The second kappa shape index (κ2) is 15.3. The van der Waals surface area contributed by atoms with E-state index in [4.69, 9.17) is 23.2 Å². The first-order chi connectivity index (χ1) is 20.8. The average Bonchev–Trinajstić information content (AvgIpc) is 3.01. The maximum absolute atomic E-state index is 14.0. The van der Waals surface area contributed by atoms with Gasteiger partial charge in [-0.05, 0) is 52.9 Å². The molecular formula is C34H32Cl2N2O5. The fourth-order valence-electron chi connectivity index (χ4n) is 4.85. The molecule has 7 nitrogen and oxygen atoms in total. The van der Waals surface area contributed by atoms with Crippen molar-refractivity contribution in [1.29, 1.82) is 0 Å². The summed E-state index contributed by atoms with van der Waals surface area (Å²) in [6, 6.07) is 28.7. The Morgan fingerprint density at radius 3 is 1.84 bits per heavy atom. The zero-order valence-electron chi connectivity index (χ0n) is 23.5. The van der Waals surface area contributed by atoms with Gasteiger partial charge in [-0.2, -0.15) is 0 Å². The van der Waals surface area contributed by atoms with Crippen molar-refractivity contribution in [2.45, 2.75) is 19.4 Å². The number of carbonyl (C=O) groups is 3. The Labute approximate surface area is 260 Å². The first kappa shape index (κ1) is 31.8. The van der Waals surface area contributed by atoms with Crippen LogP contribution in [0.4, 0.5) is 0 Å². The minimum atomic E-state index is -1.02. The number of carboxylic acids is 1. The van der Waals surface area contributed by atoms with Gasteiger partial charge in [-0.25, -0.2) is 0 Å². The molecule has 0 bridgehead atoms. The molecule has 222 valence electrons. The molecule has 4 aromatic carbocycles. The van der Waals surface area contributed by atoms with E-state index in [-0.39, 0.29) is 44.5 Å². The highest BCUT2D eigenvalue weighted by Gasteiger charge is 2.24. The maximum Gasteiger partial charge on any atom is 0.305 e. The summed E-state index contributed by atoms with van der Waals surface area (Å²) >= 11 is 12.4. The van der Waals surface area contributed by atoms with Crippen molar-refractivity contribution in [3.8, 4) is 11.1 Å². The number of halogens is 2. The van der Waals surface area contributed by atoms with E-state index in [1.54, 1.807) is 71.6 Å². The Morgan fingerprint density at radius 1 is 0.674 bits per heavy atom. The molecule has 0 aromatic heterocycles. The van der Waals surface area contributed by atoms with Crippen LogP contribution in [0.5, 0.6) is 0 Å². The Balaban J connectivity index is 1.67. The highest BCUT2D eigenvalue weighted by molar-refractivity contribution is 6.35. The van der Waals surface area contributed by atoms with E-state index in [1.165, 1.54) is 4.90 Å². The molecule has 0 aliphatic carbocycles. The molecule has 0 aliphatic rings. The molecular weight excluding hydrogens is 587 g/mol. The Morgan fingerprint density at radius 2 is 1.26 bits per heavy atom. The summed E-state index contributed by atoms with van der Waals surface area (Å²) in [5, 5.41) is 20.1. The lowest BCUT2D eigenvalue weighted by atomic mass is 9.93. The van der Waals surface area contributed by atoms with Crippen molar-refractivity contribution in [1.82, 2.24) is 9.80 Å². The number of carboxylic acid groups (broad SMARTS) is 1. The Hall–Kier alpha value is -4.17. The lowest BCUT2D eigenvalue weighted by Gasteiger charge is -2.25. The number of hydrogen-bond donors (Lipinski definition) is 2. The lowest BCUT2D eigenvalue weighted by molar-refractivity contribution is -0.137. The number of rotatable bonds is 13. The van der Waals surface area contributed by atoms with Crippen molar-refractivity contribution in [2.24, 2.45) is 0 Å². The number of aliphatic hydroxyl groups is 1. The summed E-state index contributed by atoms with van der Waals surface area (Å²) in [6.45, 7) is 0.468. The summed E-state index contributed by atoms with van der Waals surface area (Å²) in [6.07, 6.45) is 0.168. The fourth-order valence-corrected chi connectivity index (χ4v) is 5.35. The lowest BCUT2D eigenvalue weighted by Crippen LogP contribution is -2.35. The minimum absolute atomic E-state index is 0.00432. The summed E-state index contributed by atoms with van der Waals surface area (Å²) < 4.78 is 0. The Bertz CT molecular complexity index is 1580. The number of aliphatic carboxylic acids is 1. The molecule has 2 N–H and O–H groups in total. The molecule has 0 heterocycles. The Kier molecular flexibility index (Phi) is 11.3. The van der Waals surface area contributed by atoms with Gasteiger partial charge >= 0.3 is 5.97 Å².